The number of nitrogens with zero attached hydrogens (tertiary/aromatic N) is 2. The van der Waals surface area contributed by atoms with Gasteiger partial charge in [-0.3, -0.25) is 5.43 Å². The molecule has 1 N–H and O–H groups in total. The number of thioether (sulfide) groups is 1. The molecule has 4 rings (SSSR count). The number of rotatable bonds is 8. The molecule has 0 spiro atoms. The van der Waals surface area contributed by atoms with Crippen molar-refractivity contribution < 1.29 is 4.74 Å². The highest BCUT2D eigenvalue weighted by Crippen LogP contribution is 2.28. The molecule has 0 radical (unpaired) electrons. The van der Waals surface area contributed by atoms with Crippen LogP contribution in [0, 0.1) is 0 Å². The first-order chi connectivity index (χ1) is 14.8. The van der Waals surface area contributed by atoms with Crippen molar-refractivity contribution in [2.24, 2.45) is 5.10 Å². The third kappa shape index (κ3) is 5.28. The first-order valence-corrected chi connectivity index (χ1v) is 11.3. The van der Waals surface area contributed by atoms with Crippen LogP contribution in [0.1, 0.15) is 11.1 Å². The van der Waals surface area contributed by atoms with E-state index >= 15 is 0 Å². The van der Waals surface area contributed by atoms with Gasteiger partial charge in [-0.2, -0.15) is 5.10 Å². The maximum absolute atomic E-state index is 5.59. The average molecular weight is 432 g/mol. The molecule has 0 saturated carbocycles. The number of hydrazone groups is 1. The van der Waals surface area contributed by atoms with Gasteiger partial charge in [-0.1, -0.05) is 60.7 Å². The Morgan fingerprint density at radius 3 is 2.57 bits per heavy atom. The zero-order valence-corrected chi connectivity index (χ0v) is 18.1. The summed E-state index contributed by atoms with van der Waals surface area (Å²) in [4.78, 5) is 5.82. The number of hydrogen-bond acceptors (Lipinski definition) is 6. The van der Waals surface area contributed by atoms with E-state index in [-0.39, 0.29) is 0 Å². The second kappa shape index (κ2) is 10.1. The first kappa shape index (κ1) is 20.2. The second-order valence-corrected chi connectivity index (χ2v) is 8.35. The minimum Gasteiger partial charge on any atom is -0.496 e. The summed E-state index contributed by atoms with van der Waals surface area (Å²) in [5.41, 5.74) is 7.18. The smallest absolute Gasteiger partial charge is 0.203 e. The topological polar surface area (TPSA) is 46.5 Å². The Hall–Kier alpha value is -3.09. The largest absolute Gasteiger partial charge is 0.496 e. The van der Waals surface area contributed by atoms with E-state index in [4.69, 9.17) is 4.74 Å². The summed E-state index contributed by atoms with van der Waals surface area (Å²) in [7, 11) is 1.70. The van der Waals surface area contributed by atoms with E-state index in [1.807, 2.05) is 53.9 Å². The van der Waals surface area contributed by atoms with Gasteiger partial charge in [-0.05, 0) is 23.8 Å². The Labute approximate surface area is 184 Å². The zero-order chi connectivity index (χ0) is 20.6. The molecule has 0 amide bonds. The molecule has 3 aromatic carbocycles. The van der Waals surface area contributed by atoms with Crippen molar-refractivity contribution in [2.45, 2.75) is 10.6 Å². The van der Waals surface area contributed by atoms with E-state index < -0.39 is 0 Å². The Morgan fingerprint density at radius 1 is 1.03 bits per heavy atom. The van der Waals surface area contributed by atoms with E-state index in [1.54, 1.807) is 25.1 Å². The lowest BCUT2D eigenvalue weighted by Gasteiger charge is -2.09. The van der Waals surface area contributed by atoms with E-state index in [0.717, 1.165) is 39.0 Å². The fourth-order valence-electron chi connectivity index (χ4n) is 2.87. The van der Waals surface area contributed by atoms with Gasteiger partial charge in [0.05, 0.1) is 19.0 Å². The summed E-state index contributed by atoms with van der Waals surface area (Å²) >= 11 is 3.32. The summed E-state index contributed by atoms with van der Waals surface area (Å²) < 4.78 is 5.59. The molecule has 1 aromatic heterocycles. The Balaban J connectivity index is 1.38. The lowest BCUT2D eigenvalue weighted by Crippen LogP contribution is -1.94. The molecule has 6 heteroatoms. The number of benzene rings is 3. The molecular weight excluding hydrogens is 410 g/mol. The van der Waals surface area contributed by atoms with Gasteiger partial charge in [0.1, 0.15) is 5.75 Å². The molecule has 0 saturated heterocycles. The molecule has 0 aliphatic heterocycles. The van der Waals surface area contributed by atoms with Gasteiger partial charge in [0.25, 0.3) is 0 Å². The van der Waals surface area contributed by atoms with Crippen molar-refractivity contribution in [1.29, 1.82) is 0 Å². The Morgan fingerprint density at radius 2 is 1.80 bits per heavy atom. The third-order valence-corrected chi connectivity index (χ3v) is 6.20. The van der Waals surface area contributed by atoms with Gasteiger partial charge in [-0.25, -0.2) is 4.98 Å². The number of hydrogen-bond donors (Lipinski definition) is 1. The molecule has 0 aliphatic carbocycles. The van der Waals surface area contributed by atoms with Crippen molar-refractivity contribution in [3.05, 3.63) is 95.4 Å². The first-order valence-electron chi connectivity index (χ1n) is 9.46. The van der Waals surface area contributed by atoms with Crippen LogP contribution in [0.2, 0.25) is 0 Å². The molecule has 4 aromatic rings. The van der Waals surface area contributed by atoms with Crippen LogP contribution in [0.25, 0.3) is 11.3 Å². The summed E-state index contributed by atoms with van der Waals surface area (Å²) in [6, 6.07) is 26.6. The fourth-order valence-corrected chi connectivity index (χ4v) is 4.45. The number of methoxy groups -OCH3 is 1. The lowest BCUT2D eigenvalue weighted by molar-refractivity contribution is 0.411. The molecule has 0 aliphatic rings. The molecule has 1 heterocycles. The van der Waals surface area contributed by atoms with Crippen LogP contribution in [-0.4, -0.2) is 18.3 Å². The molecule has 150 valence electrons. The predicted molar refractivity (Wildman–Crippen MR) is 128 cm³/mol. The summed E-state index contributed by atoms with van der Waals surface area (Å²) in [6.45, 7) is 0. The Bertz CT molecular complexity index is 1110. The van der Waals surface area contributed by atoms with Crippen molar-refractivity contribution in [2.75, 3.05) is 12.5 Å². The molecular formula is C24H21N3OS2. The monoisotopic (exact) mass is 431 g/mol. The molecule has 30 heavy (non-hydrogen) atoms. The third-order valence-electron chi connectivity index (χ3n) is 4.40. The van der Waals surface area contributed by atoms with Gasteiger partial charge >= 0.3 is 0 Å². The quantitative estimate of drug-likeness (QED) is 0.195. The van der Waals surface area contributed by atoms with Gasteiger partial charge in [0.15, 0.2) is 0 Å². The highest BCUT2D eigenvalue weighted by Gasteiger charge is 2.06. The number of nitrogens with one attached hydrogen (secondary N) is 1. The van der Waals surface area contributed by atoms with Crippen molar-refractivity contribution in [3.8, 4) is 17.0 Å². The van der Waals surface area contributed by atoms with E-state index in [1.165, 1.54) is 16.2 Å². The SMILES string of the molecule is COc1cc(C=NNc2nc(-c3ccccc3)cs2)ccc1CSc1ccccc1. The van der Waals surface area contributed by atoms with E-state index in [2.05, 4.69) is 45.8 Å². The molecule has 0 unspecified atom stereocenters. The van der Waals surface area contributed by atoms with Crippen molar-refractivity contribution in [3.63, 3.8) is 0 Å². The summed E-state index contributed by atoms with van der Waals surface area (Å²) in [5.74, 6) is 1.72. The zero-order valence-electron chi connectivity index (χ0n) is 16.5. The standard InChI is InChI=1S/C24H21N3OS2/c1-28-23-14-18(12-13-20(23)16-29-21-10-6-3-7-11-21)15-25-27-24-26-22(17-30-24)19-8-4-2-5-9-19/h2-15,17H,16H2,1H3,(H,26,27). The van der Waals surface area contributed by atoms with E-state index in [9.17, 15) is 0 Å². The number of anilines is 1. The Kier molecular flexibility index (Phi) is 6.79. The highest BCUT2D eigenvalue weighted by molar-refractivity contribution is 7.98. The normalized spacial score (nSPS) is 11.0. The fraction of sp³-hybridized carbons (Fsp3) is 0.0833. The van der Waals surface area contributed by atoms with Gasteiger partial charge in [-0.15, -0.1) is 23.1 Å². The van der Waals surface area contributed by atoms with Crippen LogP contribution in [-0.2, 0) is 5.75 Å². The number of thiazole rings is 1. The molecule has 0 bridgehead atoms. The average Bonchev–Trinajstić information content (AvgIpc) is 3.28. The van der Waals surface area contributed by atoms with Crippen LogP contribution in [0.5, 0.6) is 5.75 Å². The van der Waals surface area contributed by atoms with Crippen LogP contribution in [0.3, 0.4) is 0 Å². The minimum atomic E-state index is 0.757. The van der Waals surface area contributed by atoms with Crippen LogP contribution in [0.15, 0.2) is 94.2 Å². The van der Waals surface area contributed by atoms with Gasteiger partial charge < -0.3 is 4.74 Å². The summed E-state index contributed by atoms with van der Waals surface area (Å²) in [5, 5.41) is 7.11. The maximum Gasteiger partial charge on any atom is 0.203 e. The van der Waals surface area contributed by atoms with Gasteiger partial charge in [0.2, 0.25) is 5.13 Å². The van der Waals surface area contributed by atoms with Crippen molar-refractivity contribution >= 4 is 34.4 Å². The molecule has 0 fully saturated rings. The maximum atomic E-state index is 5.59. The molecule has 0 atom stereocenters. The number of aromatic nitrogens is 1. The lowest BCUT2D eigenvalue weighted by atomic mass is 10.1. The van der Waals surface area contributed by atoms with Crippen molar-refractivity contribution in [1.82, 2.24) is 4.98 Å². The second-order valence-electron chi connectivity index (χ2n) is 6.45. The predicted octanol–water partition coefficient (Wildman–Crippen LogP) is 6.56. The van der Waals surface area contributed by atoms with Crippen LogP contribution in [0.4, 0.5) is 5.13 Å². The molecule has 4 nitrogen and oxygen atoms in total. The van der Waals surface area contributed by atoms with Crippen LogP contribution >= 0.6 is 23.1 Å². The number of ether oxygens (including phenoxy) is 1. The van der Waals surface area contributed by atoms with Crippen LogP contribution < -0.4 is 10.2 Å². The van der Waals surface area contributed by atoms with E-state index in [0.29, 0.717) is 0 Å². The summed E-state index contributed by atoms with van der Waals surface area (Å²) in [6.07, 6.45) is 1.78. The highest BCUT2D eigenvalue weighted by atomic mass is 32.2. The minimum absolute atomic E-state index is 0.757. The van der Waals surface area contributed by atoms with Gasteiger partial charge in [0, 0.05) is 27.2 Å².